The Morgan fingerprint density at radius 3 is 2.35 bits per heavy atom. The molecule has 0 saturated heterocycles. The molecule has 0 aliphatic heterocycles. The maximum Gasteiger partial charge on any atom is 0.193 e. The molecule has 0 bridgehead atoms. The number of methoxy groups -OCH3 is 1. The minimum absolute atomic E-state index is 0.0219. The number of ketones is 1. The van der Waals surface area contributed by atoms with Crippen molar-refractivity contribution in [1.29, 1.82) is 0 Å². The van der Waals surface area contributed by atoms with Gasteiger partial charge in [-0.25, -0.2) is 0 Å². The minimum atomic E-state index is -0.0219. The smallest absolute Gasteiger partial charge is 0.193 e. The van der Waals surface area contributed by atoms with Gasteiger partial charge in [0.25, 0.3) is 0 Å². The van der Waals surface area contributed by atoms with Gasteiger partial charge in [-0.3, -0.25) is 4.79 Å². The molecule has 2 aromatic carbocycles. The van der Waals surface area contributed by atoms with E-state index in [2.05, 4.69) is 6.92 Å². The topological polar surface area (TPSA) is 52.3 Å². The molecule has 0 amide bonds. The predicted octanol–water partition coefficient (Wildman–Crippen LogP) is 3.46. The summed E-state index contributed by atoms with van der Waals surface area (Å²) in [7, 11) is 1.54. The first-order chi connectivity index (χ1) is 9.65. The summed E-state index contributed by atoms with van der Waals surface area (Å²) in [6.07, 6.45) is 2.13. The van der Waals surface area contributed by atoms with E-state index in [-0.39, 0.29) is 5.78 Å². The summed E-state index contributed by atoms with van der Waals surface area (Å²) in [5.74, 6) is 0.504. The number of hydrogen-bond donors (Lipinski definition) is 1. The molecule has 0 atom stereocenters. The Hall–Kier alpha value is -2.29. The lowest BCUT2D eigenvalue weighted by molar-refractivity contribution is 0.103. The molecule has 104 valence electrons. The molecule has 3 nitrogen and oxygen atoms in total. The number of carbonyl (C=O) groups is 1. The normalized spacial score (nSPS) is 10.3. The maximum atomic E-state index is 12.4. The first-order valence-electron chi connectivity index (χ1n) is 6.73. The van der Waals surface area contributed by atoms with Crippen molar-refractivity contribution in [2.75, 3.05) is 12.8 Å². The molecule has 0 aliphatic rings. The summed E-state index contributed by atoms with van der Waals surface area (Å²) < 4.78 is 5.15. The molecule has 2 aromatic rings. The largest absolute Gasteiger partial charge is 0.495 e. The summed E-state index contributed by atoms with van der Waals surface area (Å²) in [6, 6.07) is 12.8. The van der Waals surface area contributed by atoms with Crippen LogP contribution in [0.4, 0.5) is 5.69 Å². The van der Waals surface area contributed by atoms with Crippen LogP contribution in [0.15, 0.2) is 42.5 Å². The van der Waals surface area contributed by atoms with E-state index in [0.29, 0.717) is 22.6 Å². The lowest BCUT2D eigenvalue weighted by atomic mass is 10.0. The number of ether oxygens (including phenoxy) is 1. The van der Waals surface area contributed by atoms with Crippen LogP contribution in [0.3, 0.4) is 0 Å². The molecule has 0 radical (unpaired) electrons. The van der Waals surface area contributed by atoms with Crippen molar-refractivity contribution in [2.24, 2.45) is 0 Å². The third-order valence-corrected chi connectivity index (χ3v) is 3.25. The lowest BCUT2D eigenvalue weighted by Crippen LogP contribution is -2.03. The number of aryl methyl sites for hydroxylation is 1. The van der Waals surface area contributed by atoms with E-state index in [9.17, 15) is 4.79 Å². The molecular weight excluding hydrogens is 250 g/mol. The summed E-state index contributed by atoms with van der Waals surface area (Å²) in [4.78, 5) is 12.4. The van der Waals surface area contributed by atoms with E-state index >= 15 is 0 Å². The Kier molecular flexibility index (Phi) is 4.41. The molecule has 0 unspecified atom stereocenters. The van der Waals surface area contributed by atoms with Crippen LogP contribution in [-0.4, -0.2) is 12.9 Å². The van der Waals surface area contributed by atoms with Crippen LogP contribution in [0, 0.1) is 0 Å². The number of carbonyl (C=O) groups excluding carboxylic acids is 1. The van der Waals surface area contributed by atoms with Crippen molar-refractivity contribution >= 4 is 11.5 Å². The summed E-state index contributed by atoms with van der Waals surface area (Å²) in [5.41, 5.74) is 8.79. The fourth-order valence-corrected chi connectivity index (χ4v) is 2.13. The van der Waals surface area contributed by atoms with Crippen molar-refractivity contribution in [2.45, 2.75) is 19.8 Å². The van der Waals surface area contributed by atoms with Gasteiger partial charge in [0, 0.05) is 11.1 Å². The summed E-state index contributed by atoms with van der Waals surface area (Å²) in [5, 5.41) is 0. The van der Waals surface area contributed by atoms with Gasteiger partial charge in [0.2, 0.25) is 0 Å². The van der Waals surface area contributed by atoms with Gasteiger partial charge in [-0.2, -0.15) is 0 Å². The third kappa shape index (κ3) is 2.99. The first-order valence-corrected chi connectivity index (χ1v) is 6.73. The van der Waals surface area contributed by atoms with Gasteiger partial charge in [0.1, 0.15) is 5.75 Å². The number of nitrogen functional groups attached to an aromatic ring is 1. The van der Waals surface area contributed by atoms with Crippen molar-refractivity contribution in [3.8, 4) is 5.75 Å². The second-order valence-electron chi connectivity index (χ2n) is 4.73. The molecule has 2 N–H and O–H groups in total. The predicted molar refractivity (Wildman–Crippen MR) is 81.3 cm³/mol. The van der Waals surface area contributed by atoms with Crippen molar-refractivity contribution in [3.63, 3.8) is 0 Å². The van der Waals surface area contributed by atoms with Gasteiger partial charge >= 0.3 is 0 Å². The molecule has 2 rings (SSSR count). The highest BCUT2D eigenvalue weighted by Crippen LogP contribution is 2.23. The molecule has 0 heterocycles. The molecule has 0 spiro atoms. The standard InChI is InChI=1S/C17H19NO2/c1-3-4-12-5-7-13(8-6-12)17(19)14-9-10-15(18)16(11-14)20-2/h5-11H,3-4,18H2,1-2H3. The van der Waals surface area contributed by atoms with Crippen LogP contribution in [0.1, 0.15) is 34.8 Å². The monoisotopic (exact) mass is 269 g/mol. The number of hydrogen-bond acceptors (Lipinski definition) is 3. The van der Waals surface area contributed by atoms with Crippen LogP contribution in [0.5, 0.6) is 5.75 Å². The van der Waals surface area contributed by atoms with Gasteiger partial charge in [0.15, 0.2) is 5.78 Å². The second-order valence-corrected chi connectivity index (χ2v) is 4.73. The molecule has 20 heavy (non-hydrogen) atoms. The highest BCUT2D eigenvalue weighted by molar-refractivity contribution is 6.09. The average molecular weight is 269 g/mol. The van der Waals surface area contributed by atoms with Gasteiger partial charge in [0.05, 0.1) is 12.8 Å². The zero-order valence-corrected chi connectivity index (χ0v) is 11.8. The quantitative estimate of drug-likeness (QED) is 0.668. The molecule has 0 aromatic heterocycles. The van der Waals surface area contributed by atoms with E-state index in [1.54, 1.807) is 25.3 Å². The number of anilines is 1. The Bertz CT molecular complexity index is 603. The lowest BCUT2D eigenvalue weighted by Gasteiger charge is -2.07. The average Bonchev–Trinajstić information content (AvgIpc) is 2.48. The fourth-order valence-electron chi connectivity index (χ4n) is 2.13. The first kappa shape index (κ1) is 14.1. The summed E-state index contributed by atoms with van der Waals surface area (Å²) in [6.45, 7) is 2.14. The van der Waals surface area contributed by atoms with Crippen molar-refractivity contribution in [1.82, 2.24) is 0 Å². The van der Waals surface area contributed by atoms with Crippen LogP contribution < -0.4 is 10.5 Å². The second kappa shape index (κ2) is 6.24. The Morgan fingerprint density at radius 1 is 1.10 bits per heavy atom. The van der Waals surface area contributed by atoms with Crippen molar-refractivity contribution in [3.05, 3.63) is 59.2 Å². The molecule has 3 heteroatoms. The Labute approximate surface area is 119 Å². The number of nitrogens with two attached hydrogens (primary N) is 1. The molecular formula is C17H19NO2. The van der Waals surface area contributed by atoms with E-state index < -0.39 is 0 Å². The van der Waals surface area contributed by atoms with Gasteiger partial charge in [-0.15, -0.1) is 0 Å². The van der Waals surface area contributed by atoms with Gasteiger partial charge < -0.3 is 10.5 Å². The fraction of sp³-hybridized carbons (Fsp3) is 0.235. The maximum absolute atomic E-state index is 12.4. The third-order valence-electron chi connectivity index (χ3n) is 3.25. The van der Waals surface area contributed by atoms with E-state index in [1.807, 2.05) is 24.3 Å². The number of rotatable bonds is 5. The van der Waals surface area contributed by atoms with Crippen LogP contribution in [0.25, 0.3) is 0 Å². The highest BCUT2D eigenvalue weighted by atomic mass is 16.5. The van der Waals surface area contributed by atoms with Crippen molar-refractivity contribution < 1.29 is 9.53 Å². The van der Waals surface area contributed by atoms with E-state index in [0.717, 1.165) is 12.8 Å². The Morgan fingerprint density at radius 2 is 1.75 bits per heavy atom. The molecule has 0 fully saturated rings. The highest BCUT2D eigenvalue weighted by Gasteiger charge is 2.11. The van der Waals surface area contributed by atoms with Gasteiger partial charge in [-0.1, -0.05) is 37.6 Å². The zero-order valence-electron chi connectivity index (χ0n) is 11.8. The van der Waals surface area contributed by atoms with Gasteiger partial charge in [-0.05, 0) is 30.2 Å². The van der Waals surface area contributed by atoms with Crippen LogP contribution in [0.2, 0.25) is 0 Å². The van der Waals surface area contributed by atoms with Crippen LogP contribution in [-0.2, 0) is 6.42 Å². The molecule has 0 saturated carbocycles. The number of benzene rings is 2. The minimum Gasteiger partial charge on any atom is -0.495 e. The Balaban J connectivity index is 2.26. The summed E-state index contributed by atoms with van der Waals surface area (Å²) >= 11 is 0. The van der Waals surface area contributed by atoms with E-state index in [4.69, 9.17) is 10.5 Å². The SMILES string of the molecule is CCCc1ccc(C(=O)c2ccc(N)c(OC)c2)cc1. The molecule has 0 aliphatic carbocycles. The van der Waals surface area contributed by atoms with Crippen LogP contribution >= 0.6 is 0 Å². The zero-order chi connectivity index (χ0) is 14.5. The van der Waals surface area contributed by atoms with E-state index in [1.165, 1.54) is 5.56 Å².